The molecule has 144 valence electrons. The molecule has 1 N–H and O–H groups in total. The summed E-state index contributed by atoms with van der Waals surface area (Å²) in [6, 6.07) is 9.49. The molecule has 1 aromatic rings. The zero-order chi connectivity index (χ0) is 18.8. The Morgan fingerprint density at radius 3 is 2.19 bits per heavy atom. The van der Waals surface area contributed by atoms with Crippen molar-refractivity contribution in [1.82, 2.24) is 10.2 Å². The Kier molecular flexibility index (Phi) is 5.28. The predicted octanol–water partition coefficient (Wildman–Crippen LogP) is 2.80. The van der Waals surface area contributed by atoms with Crippen molar-refractivity contribution in [3.63, 3.8) is 0 Å². The summed E-state index contributed by atoms with van der Waals surface area (Å²) in [6.07, 6.45) is 6.09. The molecule has 2 bridgehead atoms. The highest BCUT2D eigenvalue weighted by molar-refractivity contribution is 5.94. The summed E-state index contributed by atoms with van der Waals surface area (Å²) >= 11 is 0. The highest BCUT2D eigenvalue weighted by Crippen LogP contribution is 2.40. The number of carbonyl (C=O) groups is 3. The van der Waals surface area contributed by atoms with Crippen LogP contribution in [0.3, 0.4) is 0 Å². The molecule has 1 unspecified atom stereocenters. The molecule has 27 heavy (non-hydrogen) atoms. The number of rotatable bonds is 3. The molecule has 0 spiro atoms. The van der Waals surface area contributed by atoms with Crippen LogP contribution in [0, 0.1) is 17.8 Å². The molecule has 1 aliphatic heterocycles. The Bertz CT molecular complexity index is 694. The molecule has 5 nitrogen and oxygen atoms in total. The van der Waals surface area contributed by atoms with Crippen LogP contribution in [0.25, 0.3) is 0 Å². The Hall–Kier alpha value is -2.17. The minimum Gasteiger partial charge on any atom is -0.353 e. The van der Waals surface area contributed by atoms with E-state index in [1.807, 2.05) is 35.2 Å². The lowest BCUT2D eigenvalue weighted by molar-refractivity contribution is -0.138. The molecular formula is C22H28N2O3. The van der Waals surface area contributed by atoms with E-state index in [2.05, 4.69) is 5.32 Å². The van der Waals surface area contributed by atoms with Crippen LogP contribution in [0.15, 0.2) is 30.3 Å². The van der Waals surface area contributed by atoms with E-state index in [0.29, 0.717) is 18.9 Å². The molecule has 0 radical (unpaired) electrons. The number of hydrogen-bond donors (Lipinski definition) is 1. The van der Waals surface area contributed by atoms with Gasteiger partial charge in [0.2, 0.25) is 5.91 Å². The van der Waals surface area contributed by atoms with Crippen molar-refractivity contribution in [1.29, 1.82) is 0 Å². The highest BCUT2D eigenvalue weighted by Gasteiger charge is 2.41. The van der Waals surface area contributed by atoms with E-state index in [4.69, 9.17) is 0 Å². The fourth-order valence-corrected chi connectivity index (χ4v) is 5.00. The van der Waals surface area contributed by atoms with E-state index in [-0.39, 0.29) is 35.6 Å². The normalized spacial score (nSPS) is 28.7. The summed E-state index contributed by atoms with van der Waals surface area (Å²) < 4.78 is 0. The topological polar surface area (TPSA) is 66.5 Å². The third-order valence-corrected chi connectivity index (χ3v) is 6.57. The number of carbonyl (C=O) groups excluding carboxylic acids is 3. The van der Waals surface area contributed by atoms with E-state index < -0.39 is 0 Å². The lowest BCUT2D eigenvalue weighted by atomic mass is 9.67. The van der Waals surface area contributed by atoms with Gasteiger partial charge in [0.1, 0.15) is 5.78 Å². The zero-order valence-corrected chi connectivity index (χ0v) is 15.7. The first kappa shape index (κ1) is 18.2. The lowest BCUT2D eigenvalue weighted by Crippen LogP contribution is -2.49. The van der Waals surface area contributed by atoms with Crippen molar-refractivity contribution < 1.29 is 14.4 Å². The smallest absolute Gasteiger partial charge is 0.253 e. The maximum Gasteiger partial charge on any atom is 0.253 e. The Labute approximate surface area is 160 Å². The van der Waals surface area contributed by atoms with E-state index in [0.717, 1.165) is 50.5 Å². The molecule has 1 saturated heterocycles. The maximum absolute atomic E-state index is 12.7. The van der Waals surface area contributed by atoms with E-state index >= 15 is 0 Å². The van der Waals surface area contributed by atoms with Gasteiger partial charge in [-0.05, 0) is 50.7 Å². The molecular weight excluding hydrogens is 340 g/mol. The summed E-state index contributed by atoms with van der Waals surface area (Å²) in [5.41, 5.74) is 0.721. The minimum atomic E-state index is -0.0121. The minimum absolute atomic E-state index is 0.0121. The summed E-state index contributed by atoms with van der Waals surface area (Å²) in [5.74, 6) is 0.795. The molecule has 5 heteroatoms. The first-order chi connectivity index (χ1) is 13.1. The van der Waals surface area contributed by atoms with Crippen LogP contribution in [-0.2, 0) is 9.59 Å². The molecule has 2 saturated carbocycles. The van der Waals surface area contributed by atoms with Gasteiger partial charge in [0.25, 0.3) is 5.91 Å². The number of piperidine rings is 1. The zero-order valence-electron chi connectivity index (χ0n) is 15.7. The number of ketones is 1. The second-order valence-electron chi connectivity index (χ2n) is 8.34. The van der Waals surface area contributed by atoms with Gasteiger partial charge in [0.15, 0.2) is 0 Å². The standard InChI is InChI=1S/C22H28N2O3/c25-20-16-7-4-8-17(20)14-18(13-16)21(26)23-19-9-11-24(12-10-19)22(27)15-5-2-1-3-6-15/h1-3,5-6,16-19H,4,7-14H2,(H,23,26)/t16-,17+,18?. The number of nitrogens with zero attached hydrogens (tertiary/aromatic N) is 1. The molecule has 3 atom stereocenters. The molecule has 2 amide bonds. The lowest BCUT2D eigenvalue weighted by Gasteiger charge is -2.38. The van der Waals surface area contributed by atoms with Crippen molar-refractivity contribution in [2.24, 2.45) is 17.8 Å². The second kappa shape index (κ2) is 7.83. The molecule has 1 heterocycles. The van der Waals surface area contributed by atoms with Crippen LogP contribution in [-0.4, -0.2) is 41.6 Å². The summed E-state index contributed by atoms with van der Waals surface area (Å²) in [7, 11) is 0. The number of amides is 2. The SMILES string of the molecule is O=C(NC1CCN(C(=O)c2ccccc2)CC1)C1C[C@H]2CCC[C@@H](C1)C2=O. The second-order valence-corrected chi connectivity index (χ2v) is 8.34. The quantitative estimate of drug-likeness (QED) is 0.892. The van der Waals surface area contributed by atoms with Crippen molar-refractivity contribution in [3.05, 3.63) is 35.9 Å². The number of hydrogen-bond acceptors (Lipinski definition) is 3. The number of nitrogens with one attached hydrogen (secondary N) is 1. The molecule has 3 fully saturated rings. The van der Waals surface area contributed by atoms with Gasteiger partial charge >= 0.3 is 0 Å². The maximum atomic E-state index is 12.7. The number of likely N-dealkylation sites (tertiary alicyclic amines) is 1. The van der Waals surface area contributed by atoms with Crippen LogP contribution >= 0.6 is 0 Å². The Balaban J connectivity index is 1.27. The average Bonchev–Trinajstić information content (AvgIpc) is 2.68. The molecule has 3 aliphatic rings. The van der Waals surface area contributed by atoms with Crippen LogP contribution in [0.2, 0.25) is 0 Å². The summed E-state index contributed by atoms with van der Waals surface area (Å²) in [4.78, 5) is 39.4. The number of Topliss-reactive ketones (excluding diaryl/α,β-unsaturated/α-hetero) is 1. The van der Waals surface area contributed by atoms with Crippen LogP contribution in [0.5, 0.6) is 0 Å². The molecule has 2 aliphatic carbocycles. The van der Waals surface area contributed by atoms with E-state index in [1.54, 1.807) is 0 Å². The third-order valence-electron chi connectivity index (χ3n) is 6.57. The van der Waals surface area contributed by atoms with Gasteiger partial charge in [0.05, 0.1) is 0 Å². The van der Waals surface area contributed by atoms with Crippen molar-refractivity contribution in [2.75, 3.05) is 13.1 Å². The highest BCUT2D eigenvalue weighted by atomic mass is 16.2. The van der Waals surface area contributed by atoms with Crippen LogP contribution in [0.4, 0.5) is 0 Å². The van der Waals surface area contributed by atoms with Gasteiger partial charge in [-0.3, -0.25) is 14.4 Å². The van der Waals surface area contributed by atoms with Crippen LogP contribution < -0.4 is 5.32 Å². The van der Waals surface area contributed by atoms with Gasteiger partial charge in [-0.1, -0.05) is 24.6 Å². The van der Waals surface area contributed by atoms with Gasteiger partial charge in [-0.25, -0.2) is 0 Å². The predicted molar refractivity (Wildman–Crippen MR) is 102 cm³/mol. The van der Waals surface area contributed by atoms with Crippen LogP contribution in [0.1, 0.15) is 55.3 Å². The summed E-state index contributed by atoms with van der Waals surface area (Å²) in [5, 5.41) is 3.20. The molecule has 0 aromatic heterocycles. The largest absolute Gasteiger partial charge is 0.353 e. The first-order valence-electron chi connectivity index (χ1n) is 10.3. The van der Waals surface area contributed by atoms with Crippen molar-refractivity contribution in [3.8, 4) is 0 Å². The Morgan fingerprint density at radius 2 is 1.56 bits per heavy atom. The fourth-order valence-electron chi connectivity index (χ4n) is 5.00. The third kappa shape index (κ3) is 3.92. The summed E-state index contributed by atoms with van der Waals surface area (Å²) in [6.45, 7) is 1.35. The number of benzene rings is 1. The van der Waals surface area contributed by atoms with Gasteiger partial charge in [-0.2, -0.15) is 0 Å². The van der Waals surface area contributed by atoms with Gasteiger partial charge in [0, 0.05) is 42.4 Å². The Morgan fingerprint density at radius 1 is 0.926 bits per heavy atom. The van der Waals surface area contributed by atoms with E-state index in [1.165, 1.54) is 0 Å². The van der Waals surface area contributed by atoms with E-state index in [9.17, 15) is 14.4 Å². The first-order valence-corrected chi connectivity index (χ1v) is 10.3. The average molecular weight is 368 g/mol. The fraction of sp³-hybridized carbons (Fsp3) is 0.591. The van der Waals surface area contributed by atoms with Gasteiger partial charge in [-0.15, -0.1) is 0 Å². The van der Waals surface area contributed by atoms with Gasteiger partial charge < -0.3 is 10.2 Å². The number of fused-ring (bicyclic) bond motifs is 2. The molecule has 1 aromatic carbocycles. The monoisotopic (exact) mass is 368 g/mol. The molecule has 4 rings (SSSR count). The van der Waals surface area contributed by atoms with Crippen molar-refractivity contribution >= 4 is 17.6 Å². The van der Waals surface area contributed by atoms with Crippen molar-refractivity contribution in [2.45, 2.75) is 51.0 Å².